The van der Waals surface area contributed by atoms with Crippen molar-refractivity contribution in [3.05, 3.63) is 29.3 Å². The van der Waals surface area contributed by atoms with Crippen molar-refractivity contribution in [1.82, 2.24) is 9.80 Å². The van der Waals surface area contributed by atoms with Gasteiger partial charge in [0.05, 0.1) is 12.1 Å². The Morgan fingerprint density at radius 3 is 2.20 bits per heavy atom. The van der Waals surface area contributed by atoms with E-state index in [-0.39, 0.29) is 19.1 Å². The fourth-order valence-electron chi connectivity index (χ4n) is 4.93. The summed E-state index contributed by atoms with van der Waals surface area (Å²) in [5.74, 6) is 0.684. The van der Waals surface area contributed by atoms with E-state index in [0.717, 1.165) is 42.6 Å². The van der Waals surface area contributed by atoms with Crippen molar-refractivity contribution in [2.75, 3.05) is 39.3 Å². The van der Waals surface area contributed by atoms with Gasteiger partial charge in [0.25, 0.3) is 0 Å². The van der Waals surface area contributed by atoms with E-state index in [2.05, 4.69) is 11.0 Å². The molecule has 168 valence electrons. The number of hydrogen-bond acceptors (Lipinski definition) is 5. The average molecular weight is 419 g/mol. The van der Waals surface area contributed by atoms with E-state index in [1.807, 2.05) is 26.0 Å². The molecule has 3 rings (SSSR count). The van der Waals surface area contributed by atoms with Crippen LogP contribution in [0.4, 0.5) is 0 Å². The van der Waals surface area contributed by atoms with E-state index in [1.165, 1.54) is 12.8 Å². The fraction of sp³-hybridized carbons (Fsp3) is 0.708. The van der Waals surface area contributed by atoms with Gasteiger partial charge in [-0.25, -0.2) is 0 Å². The summed E-state index contributed by atoms with van der Waals surface area (Å²) < 4.78 is 6.00. The summed E-state index contributed by atoms with van der Waals surface area (Å²) in [6.07, 6.45) is 6.05. The number of carbonyl (C=O) groups excluding carboxylic acids is 1. The number of rotatable bonds is 5. The molecule has 6 heteroatoms. The zero-order valence-corrected chi connectivity index (χ0v) is 18.8. The number of carbonyl (C=O) groups is 1. The summed E-state index contributed by atoms with van der Waals surface area (Å²) in [5.41, 5.74) is 0.318. The quantitative estimate of drug-likeness (QED) is 0.720. The van der Waals surface area contributed by atoms with Gasteiger partial charge in [0.15, 0.2) is 0 Å². The Bertz CT molecular complexity index is 710. The molecule has 2 fully saturated rings. The predicted octanol–water partition coefficient (Wildman–Crippen LogP) is 2.66. The van der Waals surface area contributed by atoms with E-state index in [0.29, 0.717) is 26.2 Å². The van der Waals surface area contributed by atoms with Crippen LogP contribution >= 0.6 is 0 Å². The van der Waals surface area contributed by atoms with Crippen molar-refractivity contribution in [3.8, 4) is 5.75 Å². The summed E-state index contributed by atoms with van der Waals surface area (Å²) >= 11 is 0. The number of nitrogens with zero attached hydrogens (tertiary/aromatic N) is 2. The van der Waals surface area contributed by atoms with Crippen molar-refractivity contribution in [3.63, 3.8) is 0 Å². The van der Waals surface area contributed by atoms with Crippen LogP contribution in [-0.4, -0.2) is 76.5 Å². The number of ether oxygens (including phenoxy) is 1. The standard InChI is InChI=1S/C24H38N2O4/c1-19-12-20(2)14-22(13-19)30-18-24(29)16-25(10-11-26(17-24)21(3)27)15-23(28)8-6-4-5-7-9-23/h12-14,28-29H,4-11,15-18H2,1-3H3. The van der Waals surface area contributed by atoms with Crippen LogP contribution in [0.2, 0.25) is 0 Å². The lowest BCUT2D eigenvalue weighted by atomic mass is 9.93. The van der Waals surface area contributed by atoms with E-state index >= 15 is 0 Å². The Kier molecular flexibility index (Phi) is 7.43. The zero-order valence-electron chi connectivity index (χ0n) is 18.8. The molecule has 2 N–H and O–H groups in total. The molecule has 1 aliphatic carbocycles. The molecule has 6 nitrogen and oxygen atoms in total. The highest BCUT2D eigenvalue weighted by molar-refractivity contribution is 5.73. The van der Waals surface area contributed by atoms with Gasteiger partial charge in [0, 0.05) is 33.1 Å². The minimum Gasteiger partial charge on any atom is -0.490 e. The lowest BCUT2D eigenvalue weighted by Gasteiger charge is -2.36. The second-order valence-corrected chi connectivity index (χ2v) is 9.63. The van der Waals surface area contributed by atoms with Gasteiger partial charge in [-0.15, -0.1) is 0 Å². The lowest BCUT2D eigenvalue weighted by molar-refractivity contribution is -0.132. The molecule has 0 bridgehead atoms. The Balaban J connectivity index is 1.73. The first kappa shape index (κ1) is 23.0. The predicted molar refractivity (Wildman–Crippen MR) is 118 cm³/mol. The van der Waals surface area contributed by atoms with E-state index < -0.39 is 11.2 Å². The maximum Gasteiger partial charge on any atom is 0.219 e. The molecule has 2 aliphatic rings. The van der Waals surface area contributed by atoms with Crippen LogP contribution in [0.3, 0.4) is 0 Å². The highest BCUT2D eigenvalue weighted by Gasteiger charge is 2.39. The SMILES string of the molecule is CC(=O)N1CCN(CC2(O)CCCCCC2)CC(O)(COc2cc(C)cc(C)c2)C1. The smallest absolute Gasteiger partial charge is 0.219 e. The first-order valence-corrected chi connectivity index (χ1v) is 11.3. The van der Waals surface area contributed by atoms with Gasteiger partial charge in [-0.2, -0.15) is 0 Å². The molecule has 0 spiro atoms. The summed E-state index contributed by atoms with van der Waals surface area (Å²) in [6.45, 7) is 8.04. The van der Waals surface area contributed by atoms with Crippen LogP contribution in [0.5, 0.6) is 5.75 Å². The molecular weight excluding hydrogens is 380 g/mol. The van der Waals surface area contributed by atoms with Crippen LogP contribution in [0.25, 0.3) is 0 Å². The molecule has 0 radical (unpaired) electrons. The van der Waals surface area contributed by atoms with Gasteiger partial charge in [-0.1, -0.05) is 31.7 Å². The van der Waals surface area contributed by atoms with Gasteiger partial charge >= 0.3 is 0 Å². The van der Waals surface area contributed by atoms with E-state index in [1.54, 1.807) is 11.8 Å². The van der Waals surface area contributed by atoms with Crippen LogP contribution in [0.15, 0.2) is 18.2 Å². The highest BCUT2D eigenvalue weighted by atomic mass is 16.5. The molecule has 0 aromatic heterocycles. The Labute approximate surface area is 180 Å². The molecular formula is C24H38N2O4. The number of amides is 1. The third kappa shape index (κ3) is 6.43. The second kappa shape index (κ2) is 9.67. The molecule has 1 unspecified atom stereocenters. The van der Waals surface area contributed by atoms with Crippen LogP contribution in [0.1, 0.15) is 56.6 Å². The number of aryl methyl sites for hydroxylation is 2. The maximum atomic E-state index is 12.1. The summed E-state index contributed by atoms with van der Waals surface area (Å²) in [6, 6.07) is 6.00. The highest BCUT2D eigenvalue weighted by Crippen LogP contribution is 2.29. The summed E-state index contributed by atoms with van der Waals surface area (Å²) in [7, 11) is 0. The molecule has 1 aromatic carbocycles. The summed E-state index contributed by atoms with van der Waals surface area (Å²) in [4.78, 5) is 15.9. The fourth-order valence-corrected chi connectivity index (χ4v) is 4.93. The first-order valence-electron chi connectivity index (χ1n) is 11.3. The number of β-amino-alcohol motifs (C(OH)–C–C–N with tert-alkyl or cyclic N) is 2. The largest absolute Gasteiger partial charge is 0.490 e. The van der Waals surface area contributed by atoms with E-state index in [4.69, 9.17) is 4.74 Å². The normalized spacial score (nSPS) is 25.4. The number of aliphatic hydroxyl groups is 2. The van der Waals surface area contributed by atoms with Gasteiger partial charge in [-0.05, 0) is 49.9 Å². The third-order valence-electron chi connectivity index (χ3n) is 6.39. The second-order valence-electron chi connectivity index (χ2n) is 9.63. The zero-order chi connectivity index (χ0) is 21.8. The van der Waals surface area contributed by atoms with Crippen LogP contribution in [-0.2, 0) is 4.79 Å². The molecule has 1 saturated heterocycles. The van der Waals surface area contributed by atoms with Crippen LogP contribution < -0.4 is 4.74 Å². The van der Waals surface area contributed by atoms with Crippen molar-refractivity contribution >= 4 is 5.91 Å². The van der Waals surface area contributed by atoms with Crippen molar-refractivity contribution < 1.29 is 19.7 Å². The van der Waals surface area contributed by atoms with E-state index in [9.17, 15) is 15.0 Å². The molecule has 1 aromatic rings. The molecule has 1 saturated carbocycles. The molecule has 1 heterocycles. The van der Waals surface area contributed by atoms with Crippen LogP contribution in [0, 0.1) is 13.8 Å². The van der Waals surface area contributed by atoms with Gasteiger partial charge in [0.1, 0.15) is 18.0 Å². The minimum absolute atomic E-state index is 0.0464. The summed E-state index contributed by atoms with van der Waals surface area (Å²) in [5, 5.41) is 22.6. The average Bonchev–Trinajstić information content (AvgIpc) is 2.96. The number of hydrogen-bond donors (Lipinski definition) is 2. The van der Waals surface area contributed by atoms with Crippen molar-refractivity contribution in [1.29, 1.82) is 0 Å². The maximum absolute atomic E-state index is 12.1. The third-order valence-corrected chi connectivity index (χ3v) is 6.39. The molecule has 30 heavy (non-hydrogen) atoms. The Morgan fingerprint density at radius 2 is 1.60 bits per heavy atom. The van der Waals surface area contributed by atoms with Gasteiger partial charge in [-0.3, -0.25) is 9.69 Å². The topological polar surface area (TPSA) is 73.2 Å². The first-order chi connectivity index (χ1) is 14.2. The Morgan fingerprint density at radius 1 is 0.967 bits per heavy atom. The molecule has 1 aliphatic heterocycles. The van der Waals surface area contributed by atoms with Crippen molar-refractivity contribution in [2.45, 2.75) is 70.5 Å². The monoisotopic (exact) mass is 418 g/mol. The lowest BCUT2D eigenvalue weighted by Crippen LogP contribution is -2.54. The molecule has 1 amide bonds. The molecule has 1 atom stereocenters. The van der Waals surface area contributed by atoms with Gasteiger partial charge < -0.3 is 19.8 Å². The number of benzene rings is 1. The van der Waals surface area contributed by atoms with Gasteiger partial charge in [0.2, 0.25) is 5.91 Å². The Hall–Kier alpha value is -1.63. The minimum atomic E-state index is -1.19. The van der Waals surface area contributed by atoms with Crippen molar-refractivity contribution in [2.24, 2.45) is 0 Å².